The van der Waals surface area contributed by atoms with Crippen molar-refractivity contribution in [3.05, 3.63) is 53.4 Å². The van der Waals surface area contributed by atoms with E-state index in [2.05, 4.69) is 17.2 Å². The molecule has 1 aromatic carbocycles. The Labute approximate surface area is 151 Å². The second-order valence-electron chi connectivity index (χ2n) is 7.15. The summed E-state index contributed by atoms with van der Waals surface area (Å²) in [6.07, 6.45) is 3.64. The third kappa shape index (κ3) is 3.09. The number of carbonyl (C=O) groups is 2. The van der Waals surface area contributed by atoms with Crippen molar-refractivity contribution in [1.82, 2.24) is 19.8 Å². The molecule has 1 fully saturated rings. The molecule has 6 nitrogen and oxygen atoms in total. The lowest BCUT2D eigenvalue weighted by Crippen LogP contribution is -2.38. The number of carbonyl (C=O) groups excluding carboxylic acids is 2. The largest absolute Gasteiger partial charge is 0.341 e. The molecule has 136 valence electrons. The number of likely N-dealkylation sites (tertiary alicyclic amines) is 1. The lowest BCUT2D eigenvalue weighted by atomic mass is 9.99. The minimum Gasteiger partial charge on any atom is -0.341 e. The van der Waals surface area contributed by atoms with Crippen molar-refractivity contribution < 1.29 is 14.0 Å². The number of nitrogens with zero attached hydrogens (tertiary/aromatic N) is 3. The molecular formula is C19H21FN4O2. The first-order chi connectivity index (χ1) is 12.5. The number of nitrogens with one attached hydrogen (secondary N) is 1. The average Bonchev–Trinajstić information content (AvgIpc) is 3.07. The summed E-state index contributed by atoms with van der Waals surface area (Å²) in [6.45, 7) is 4.11. The number of imidazole rings is 1. The fourth-order valence-corrected chi connectivity index (χ4v) is 3.56. The van der Waals surface area contributed by atoms with Crippen molar-refractivity contribution in [3.8, 4) is 0 Å². The molecule has 2 amide bonds. The van der Waals surface area contributed by atoms with E-state index >= 15 is 0 Å². The predicted octanol–water partition coefficient (Wildman–Crippen LogP) is 2.38. The van der Waals surface area contributed by atoms with Gasteiger partial charge in [0.05, 0.1) is 6.04 Å². The number of halogens is 1. The Morgan fingerprint density at radius 3 is 2.62 bits per heavy atom. The second-order valence-corrected chi connectivity index (χ2v) is 7.15. The first kappa shape index (κ1) is 16.8. The number of benzene rings is 1. The minimum absolute atomic E-state index is 0.120. The number of fused-ring (bicyclic) bond motifs is 1. The molecule has 1 N–H and O–H groups in total. The van der Waals surface area contributed by atoms with Crippen LogP contribution in [-0.4, -0.2) is 39.4 Å². The highest BCUT2D eigenvalue weighted by atomic mass is 19.1. The maximum Gasteiger partial charge on any atom is 0.287 e. The van der Waals surface area contributed by atoms with E-state index in [0.29, 0.717) is 18.2 Å². The van der Waals surface area contributed by atoms with Crippen molar-refractivity contribution in [3.63, 3.8) is 0 Å². The van der Waals surface area contributed by atoms with Gasteiger partial charge in [-0.3, -0.25) is 9.59 Å². The number of aromatic nitrogens is 2. The van der Waals surface area contributed by atoms with Gasteiger partial charge in [-0.1, -0.05) is 19.1 Å². The van der Waals surface area contributed by atoms with Gasteiger partial charge in [0.2, 0.25) is 0 Å². The van der Waals surface area contributed by atoms with Gasteiger partial charge in [-0.2, -0.15) is 0 Å². The molecule has 4 rings (SSSR count). The number of amides is 2. The van der Waals surface area contributed by atoms with E-state index in [1.807, 2.05) is 4.90 Å². The highest BCUT2D eigenvalue weighted by Crippen LogP contribution is 2.23. The molecule has 0 spiro atoms. The molecule has 1 atom stereocenters. The van der Waals surface area contributed by atoms with E-state index in [4.69, 9.17) is 0 Å². The standard InChI is InChI=1S/C19H21FN4O2/c1-12-6-8-23(9-7-12)19(26)16-11-24-10-15(22-18(25)17(24)21-16)13-2-4-14(20)5-3-13/h2-5,11-12,15H,6-10H2,1H3,(H,22,25). The first-order valence-corrected chi connectivity index (χ1v) is 8.94. The van der Waals surface area contributed by atoms with E-state index in [0.717, 1.165) is 31.5 Å². The van der Waals surface area contributed by atoms with E-state index in [-0.39, 0.29) is 29.5 Å². The number of hydrogen-bond acceptors (Lipinski definition) is 3. The number of hydrogen-bond donors (Lipinski definition) is 1. The molecule has 1 aromatic heterocycles. The van der Waals surface area contributed by atoms with E-state index in [9.17, 15) is 14.0 Å². The van der Waals surface area contributed by atoms with Crippen LogP contribution in [0.2, 0.25) is 0 Å². The van der Waals surface area contributed by atoms with Crippen LogP contribution in [-0.2, 0) is 6.54 Å². The van der Waals surface area contributed by atoms with Crippen LogP contribution in [0.15, 0.2) is 30.5 Å². The molecule has 0 bridgehead atoms. The van der Waals surface area contributed by atoms with Crippen LogP contribution in [0.5, 0.6) is 0 Å². The van der Waals surface area contributed by atoms with Crippen LogP contribution >= 0.6 is 0 Å². The first-order valence-electron chi connectivity index (χ1n) is 8.94. The Morgan fingerprint density at radius 1 is 1.23 bits per heavy atom. The van der Waals surface area contributed by atoms with Crippen molar-refractivity contribution in [2.45, 2.75) is 32.4 Å². The summed E-state index contributed by atoms with van der Waals surface area (Å²) >= 11 is 0. The Bertz CT molecular complexity index is 838. The van der Waals surface area contributed by atoms with Crippen LogP contribution in [0.3, 0.4) is 0 Å². The van der Waals surface area contributed by atoms with Gasteiger partial charge < -0.3 is 14.8 Å². The van der Waals surface area contributed by atoms with Gasteiger partial charge in [-0.05, 0) is 36.5 Å². The van der Waals surface area contributed by atoms with Gasteiger partial charge in [-0.15, -0.1) is 0 Å². The predicted molar refractivity (Wildman–Crippen MR) is 93.1 cm³/mol. The molecule has 1 unspecified atom stereocenters. The van der Waals surface area contributed by atoms with Crippen LogP contribution in [0.1, 0.15) is 52.5 Å². The fourth-order valence-electron chi connectivity index (χ4n) is 3.56. The molecule has 0 radical (unpaired) electrons. The number of rotatable bonds is 2. The normalized spacial score (nSPS) is 20.6. The summed E-state index contributed by atoms with van der Waals surface area (Å²) in [5.74, 6) is 0.123. The molecule has 2 aliphatic rings. The van der Waals surface area contributed by atoms with Crippen molar-refractivity contribution in [2.24, 2.45) is 5.92 Å². The highest BCUT2D eigenvalue weighted by Gasteiger charge is 2.30. The van der Waals surface area contributed by atoms with Crippen LogP contribution < -0.4 is 5.32 Å². The van der Waals surface area contributed by atoms with E-state index in [1.165, 1.54) is 12.1 Å². The smallest absolute Gasteiger partial charge is 0.287 e. The molecule has 2 aromatic rings. The van der Waals surface area contributed by atoms with Gasteiger partial charge in [-0.25, -0.2) is 9.37 Å². The second kappa shape index (κ2) is 6.55. The van der Waals surface area contributed by atoms with Gasteiger partial charge in [0.25, 0.3) is 11.8 Å². The van der Waals surface area contributed by atoms with Gasteiger partial charge >= 0.3 is 0 Å². The van der Waals surface area contributed by atoms with Gasteiger partial charge in [0, 0.05) is 25.8 Å². The van der Waals surface area contributed by atoms with E-state index < -0.39 is 0 Å². The quantitative estimate of drug-likeness (QED) is 0.898. The number of piperidine rings is 1. The maximum absolute atomic E-state index is 13.1. The lowest BCUT2D eigenvalue weighted by Gasteiger charge is -2.29. The monoisotopic (exact) mass is 356 g/mol. The molecule has 3 heterocycles. The molecule has 7 heteroatoms. The molecule has 0 saturated carbocycles. The van der Waals surface area contributed by atoms with Crippen LogP contribution in [0.25, 0.3) is 0 Å². The van der Waals surface area contributed by atoms with E-state index in [1.54, 1.807) is 22.9 Å². The molecule has 26 heavy (non-hydrogen) atoms. The maximum atomic E-state index is 13.1. The summed E-state index contributed by atoms with van der Waals surface area (Å²) in [7, 11) is 0. The van der Waals surface area contributed by atoms with Crippen molar-refractivity contribution >= 4 is 11.8 Å². The van der Waals surface area contributed by atoms with Crippen LogP contribution in [0, 0.1) is 11.7 Å². The average molecular weight is 356 g/mol. The zero-order chi connectivity index (χ0) is 18.3. The Hall–Kier alpha value is -2.70. The zero-order valence-corrected chi connectivity index (χ0v) is 14.6. The molecular weight excluding hydrogens is 335 g/mol. The third-order valence-electron chi connectivity index (χ3n) is 5.23. The van der Waals surface area contributed by atoms with Crippen molar-refractivity contribution in [2.75, 3.05) is 13.1 Å². The fraction of sp³-hybridized carbons (Fsp3) is 0.421. The van der Waals surface area contributed by atoms with Crippen LogP contribution in [0.4, 0.5) is 4.39 Å². The molecule has 0 aliphatic carbocycles. The zero-order valence-electron chi connectivity index (χ0n) is 14.6. The molecule has 2 aliphatic heterocycles. The minimum atomic E-state index is -0.322. The summed E-state index contributed by atoms with van der Waals surface area (Å²) in [6, 6.07) is 5.78. The topological polar surface area (TPSA) is 67.2 Å². The SMILES string of the molecule is CC1CCN(C(=O)c2cn3c(n2)C(=O)NC(c2ccc(F)cc2)C3)CC1. The lowest BCUT2D eigenvalue weighted by molar-refractivity contribution is 0.0691. The summed E-state index contributed by atoms with van der Waals surface area (Å²) < 4.78 is 14.8. The Morgan fingerprint density at radius 2 is 1.92 bits per heavy atom. The van der Waals surface area contributed by atoms with Gasteiger partial charge in [0.1, 0.15) is 11.5 Å². The summed E-state index contributed by atoms with van der Waals surface area (Å²) in [5, 5.41) is 2.88. The highest BCUT2D eigenvalue weighted by molar-refractivity contribution is 5.96. The third-order valence-corrected chi connectivity index (χ3v) is 5.23. The van der Waals surface area contributed by atoms with Gasteiger partial charge in [0.15, 0.2) is 5.82 Å². The van der Waals surface area contributed by atoms with Crippen molar-refractivity contribution in [1.29, 1.82) is 0 Å². The Balaban J connectivity index is 1.54. The summed E-state index contributed by atoms with van der Waals surface area (Å²) in [5.41, 5.74) is 1.13. The molecule has 1 saturated heterocycles. The Kier molecular flexibility index (Phi) is 4.22. The summed E-state index contributed by atoms with van der Waals surface area (Å²) in [4.78, 5) is 31.2.